The van der Waals surface area contributed by atoms with Gasteiger partial charge in [-0.05, 0) is 12.8 Å². The Kier molecular flexibility index (Phi) is 2.22. The summed E-state index contributed by atoms with van der Waals surface area (Å²) in [5, 5.41) is 2.75. The van der Waals surface area contributed by atoms with Gasteiger partial charge in [-0.1, -0.05) is 18.3 Å². The largest absolute Gasteiger partial charge is 0.310 e. The molecule has 68 valence electrons. The van der Waals surface area contributed by atoms with Gasteiger partial charge in [0.15, 0.2) is 0 Å². The number of nitrogens with zero attached hydrogens (tertiary/aromatic N) is 1. The third-order valence-electron chi connectivity index (χ3n) is 2.07. The molecule has 2 rings (SSSR count). The molecular weight excluding hydrogens is 184 g/mol. The first-order valence-electron chi connectivity index (χ1n) is 4.34. The van der Waals surface area contributed by atoms with E-state index in [2.05, 4.69) is 10.3 Å². The highest BCUT2D eigenvalue weighted by Gasteiger charge is 2.30. The van der Waals surface area contributed by atoms with E-state index in [1.165, 1.54) is 0 Å². The topological polar surface area (TPSA) is 41.5 Å². The second-order valence-corrected chi connectivity index (χ2v) is 3.75. The molecule has 1 amide bonds. The van der Waals surface area contributed by atoms with E-state index in [0.29, 0.717) is 12.3 Å². The van der Waals surface area contributed by atoms with Gasteiger partial charge in [-0.3, -0.25) is 4.79 Å². The lowest BCUT2D eigenvalue weighted by Crippen LogP contribution is -2.36. The summed E-state index contributed by atoms with van der Waals surface area (Å²) in [5.41, 5.74) is 0. The molecule has 0 aromatic heterocycles. The van der Waals surface area contributed by atoms with Crippen LogP contribution in [0.2, 0.25) is 0 Å². The Morgan fingerprint density at radius 3 is 3.00 bits per heavy atom. The van der Waals surface area contributed by atoms with E-state index in [1.807, 2.05) is 6.08 Å². The first-order chi connectivity index (χ1) is 6.27. The van der Waals surface area contributed by atoms with E-state index >= 15 is 0 Å². The predicted molar refractivity (Wildman–Crippen MR) is 54.7 cm³/mol. The Bertz CT molecular complexity index is 316. The zero-order valence-corrected chi connectivity index (χ0v) is 7.93. The quantitative estimate of drug-likeness (QED) is 0.637. The number of nitrogens with one attached hydrogen (secondary N) is 1. The summed E-state index contributed by atoms with van der Waals surface area (Å²) in [6.45, 7) is 0. The van der Waals surface area contributed by atoms with Crippen molar-refractivity contribution in [2.75, 3.05) is 0 Å². The second kappa shape index (κ2) is 3.38. The molecule has 1 aliphatic heterocycles. The molecule has 0 saturated heterocycles. The Morgan fingerprint density at radius 2 is 2.38 bits per heavy atom. The summed E-state index contributed by atoms with van der Waals surface area (Å²) in [5.74, 6) is 0.835. The van der Waals surface area contributed by atoms with Gasteiger partial charge in [0.25, 0.3) is 0 Å². The molecule has 0 aromatic rings. The average molecular weight is 194 g/mol. The summed E-state index contributed by atoms with van der Waals surface area (Å²) >= 11 is 5.06. The first-order valence-corrected chi connectivity index (χ1v) is 4.75. The maximum atomic E-state index is 11.3. The van der Waals surface area contributed by atoms with Crippen LogP contribution in [-0.2, 0) is 4.79 Å². The third kappa shape index (κ3) is 2.01. The minimum absolute atomic E-state index is 0.0661. The molecule has 1 aliphatic carbocycles. The standard InChI is InChI=1S/C9H10N2OS/c12-9(6-3-4-6)11-8-7(13)2-1-5-10-8/h1,5-6H,2-4H2,(H,10,11,12). The van der Waals surface area contributed by atoms with E-state index in [4.69, 9.17) is 12.2 Å². The van der Waals surface area contributed by atoms with Gasteiger partial charge in [0, 0.05) is 18.5 Å². The number of hydrogen-bond acceptors (Lipinski definition) is 3. The molecule has 0 spiro atoms. The van der Waals surface area contributed by atoms with E-state index in [9.17, 15) is 4.79 Å². The van der Waals surface area contributed by atoms with Crippen LogP contribution in [0.4, 0.5) is 0 Å². The van der Waals surface area contributed by atoms with Crippen molar-refractivity contribution in [1.82, 2.24) is 5.32 Å². The van der Waals surface area contributed by atoms with Crippen LogP contribution in [0.15, 0.2) is 17.3 Å². The van der Waals surface area contributed by atoms with Crippen molar-refractivity contribution < 1.29 is 4.79 Å². The Labute approximate surface area is 81.9 Å². The highest BCUT2D eigenvalue weighted by Crippen LogP contribution is 2.28. The van der Waals surface area contributed by atoms with Crippen LogP contribution in [0, 0.1) is 5.92 Å². The summed E-state index contributed by atoms with van der Waals surface area (Å²) in [6.07, 6.45) is 6.27. The zero-order valence-electron chi connectivity index (χ0n) is 7.12. The summed E-state index contributed by atoms with van der Waals surface area (Å²) in [6, 6.07) is 0. The number of aliphatic imine (C=N–C) groups is 1. The number of hydrogen-bond donors (Lipinski definition) is 1. The van der Waals surface area contributed by atoms with Crippen LogP contribution in [0.1, 0.15) is 19.3 Å². The minimum atomic E-state index is 0.0661. The number of carbonyl (C=O) groups is 1. The number of rotatable bonds is 1. The van der Waals surface area contributed by atoms with E-state index in [1.54, 1.807) is 6.20 Å². The molecule has 1 N–H and O–H groups in total. The normalized spacial score (nSPS) is 21.2. The second-order valence-electron chi connectivity index (χ2n) is 3.25. The van der Waals surface area contributed by atoms with Crippen molar-refractivity contribution in [3.63, 3.8) is 0 Å². The molecule has 0 atom stereocenters. The highest BCUT2D eigenvalue weighted by molar-refractivity contribution is 7.82. The van der Waals surface area contributed by atoms with Gasteiger partial charge in [-0.25, -0.2) is 4.99 Å². The number of thiocarbonyl (C=S) groups is 1. The molecule has 1 fully saturated rings. The fraction of sp³-hybridized carbons (Fsp3) is 0.444. The maximum Gasteiger partial charge on any atom is 0.228 e. The van der Waals surface area contributed by atoms with Crippen LogP contribution >= 0.6 is 12.2 Å². The fourth-order valence-corrected chi connectivity index (χ4v) is 1.32. The van der Waals surface area contributed by atoms with Crippen molar-refractivity contribution in [3.8, 4) is 0 Å². The van der Waals surface area contributed by atoms with Crippen molar-refractivity contribution >= 4 is 28.8 Å². The van der Waals surface area contributed by atoms with Crippen molar-refractivity contribution in [2.45, 2.75) is 19.3 Å². The Morgan fingerprint density at radius 1 is 1.62 bits per heavy atom. The highest BCUT2D eigenvalue weighted by atomic mass is 32.1. The SMILES string of the molecule is O=C(NC1=NC=CCC1=S)C1CC1. The number of carbonyl (C=O) groups excluding carboxylic acids is 1. The van der Waals surface area contributed by atoms with Crippen molar-refractivity contribution in [1.29, 1.82) is 0 Å². The third-order valence-corrected chi connectivity index (χ3v) is 2.43. The number of allylic oxidation sites excluding steroid dienone is 1. The molecule has 1 saturated carbocycles. The van der Waals surface area contributed by atoms with Gasteiger partial charge in [0.2, 0.25) is 5.91 Å². The lowest BCUT2D eigenvalue weighted by molar-refractivity contribution is -0.120. The van der Waals surface area contributed by atoms with Crippen LogP contribution in [0.5, 0.6) is 0 Å². The van der Waals surface area contributed by atoms with Crippen LogP contribution < -0.4 is 5.32 Å². The van der Waals surface area contributed by atoms with Gasteiger partial charge in [0.05, 0.1) is 4.86 Å². The average Bonchev–Trinajstić information content (AvgIpc) is 2.91. The number of amidine groups is 1. The Balaban J connectivity index is 1.99. The van der Waals surface area contributed by atoms with Crippen LogP contribution in [0.3, 0.4) is 0 Å². The Hall–Kier alpha value is -1.03. The summed E-state index contributed by atoms with van der Waals surface area (Å²) < 4.78 is 0. The first kappa shape index (κ1) is 8.56. The molecule has 1 heterocycles. The fourth-order valence-electron chi connectivity index (χ4n) is 1.12. The van der Waals surface area contributed by atoms with E-state index in [-0.39, 0.29) is 11.8 Å². The van der Waals surface area contributed by atoms with Gasteiger partial charge < -0.3 is 5.32 Å². The molecule has 13 heavy (non-hydrogen) atoms. The van der Waals surface area contributed by atoms with Crippen LogP contribution in [-0.4, -0.2) is 16.6 Å². The predicted octanol–water partition coefficient (Wildman–Crippen LogP) is 1.20. The molecule has 2 aliphatic rings. The van der Waals surface area contributed by atoms with E-state index in [0.717, 1.165) is 17.7 Å². The summed E-state index contributed by atoms with van der Waals surface area (Å²) in [7, 11) is 0. The molecule has 0 aromatic carbocycles. The molecule has 0 unspecified atom stereocenters. The van der Waals surface area contributed by atoms with Crippen LogP contribution in [0.25, 0.3) is 0 Å². The number of amides is 1. The molecule has 0 radical (unpaired) electrons. The van der Waals surface area contributed by atoms with Crippen molar-refractivity contribution in [2.24, 2.45) is 10.9 Å². The minimum Gasteiger partial charge on any atom is -0.310 e. The molecule has 4 heteroatoms. The zero-order chi connectivity index (χ0) is 9.26. The van der Waals surface area contributed by atoms with Gasteiger partial charge in [0.1, 0.15) is 5.84 Å². The van der Waals surface area contributed by atoms with Crippen molar-refractivity contribution in [3.05, 3.63) is 12.3 Å². The van der Waals surface area contributed by atoms with E-state index < -0.39 is 0 Å². The lowest BCUT2D eigenvalue weighted by Gasteiger charge is -2.09. The smallest absolute Gasteiger partial charge is 0.228 e. The lowest BCUT2D eigenvalue weighted by atomic mass is 10.2. The van der Waals surface area contributed by atoms with Gasteiger partial charge in [-0.15, -0.1) is 0 Å². The molecule has 0 bridgehead atoms. The van der Waals surface area contributed by atoms with Gasteiger partial charge in [-0.2, -0.15) is 0 Å². The summed E-state index contributed by atoms with van der Waals surface area (Å²) in [4.78, 5) is 16.1. The molecule has 3 nitrogen and oxygen atoms in total. The molecular formula is C9H10N2OS. The monoisotopic (exact) mass is 194 g/mol. The maximum absolute atomic E-state index is 11.3. The van der Waals surface area contributed by atoms with Gasteiger partial charge >= 0.3 is 0 Å².